The number of methoxy groups -OCH3 is 1. The number of carbonyl (C=O) groups excluding carboxylic acids is 1. The molecule has 21 heavy (non-hydrogen) atoms. The van der Waals surface area contributed by atoms with Gasteiger partial charge < -0.3 is 14.9 Å². The van der Waals surface area contributed by atoms with Gasteiger partial charge in [-0.3, -0.25) is 4.79 Å². The molecular formula is C15H26ClNO3Si. The third-order valence-electron chi connectivity index (χ3n) is 3.15. The molecule has 0 fully saturated rings. The summed E-state index contributed by atoms with van der Waals surface area (Å²) in [6, 6.07) is 7.20. The number of hydrogen-bond donors (Lipinski definition) is 1. The van der Waals surface area contributed by atoms with E-state index >= 15 is 0 Å². The predicted octanol–water partition coefficient (Wildman–Crippen LogP) is 3.52. The average molecular weight is 332 g/mol. The Labute approximate surface area is 134 Å². The van der Waals surface area contributed by atoms with E-state index in [0.29, 0.717) is 0 Å². The Morgan fingerprint density at radius 2 is 1.67 bits per heavy atom. The molecule has 0 aromatic heterocycles. The molecule has 1 aromatic carbocycles. The van der Waals surface area contributed by atoms with Crippen LogP contribution in [0.4, 0.5) is 0 Å². The first-order valence-corrected chi connectivity index (χ1v) is 10.1. The highest BCUT2D eigenvalue weighted by molar-refractivity contribution is 6.70. The number of hydrogen-bond acceptors (Lipinski definition) is 4. The molecule has 0 aliphatic carbocycles. The third-order valence-corrected chi connectivity index (χ3v) is 4.00. The van der Waals surface area contributed by atoms with Gasteiger partial charge in [-0.1, -0.05) is 12.1 Å². The summed E-state index contributed by atoms with van der Waals surface area (Å²) < 4.78 is 10.7. The molecule has 1 rings (SSSR count). The lowest BCUT2D eigenvalue weighted by molar-refractivity contribution is -0.152. The van der Waals surface area contributed by atoms with Crippen molar-refractivity contribution in [3.63, 3.8) is 0 Å². The molecule has 0 saturated heterocycles. The minimum atomic E-state index is -1.61. The van der Waals surface area contributed by atoms with Gasteiger partial charge in [-0.15, -0.1) is 12.4 Å². The quantitative estimate of drug-likeness (QED) is 0.662. The van der Waals surface area contributed by atoms with Gasteiger partial charge in [-0.05, 0) is 51.2 Å². The summed E-state index contributed by atoms with van der Waals surface area (Å²) in [4.78, 5) is 11.8. The number of nitrogens with two attached hydrogens (primary N) is 1. The monoisotopic (exact) mass is 331 g/mol. The van der Waals surface area contributed by atoms with Crippen molar-refractivity contribution in [3.05, 3.63) is 29.8 Å². The molecule has 0 bridgehead atoms. The zero-order valence-corrected chi connectivity index (χ0v) is 15.4. The van der Waals surface area contributed by atoms with Crippen molar-refractivity contribution in [3.8, 4) is 5.75 Å². The molecule has 1 atom stereocenters. The maximum atomic E-state index is 11.8. The van der Waals surface area contributed by atoms with Crippen LogP contribution in [0.25, 0.3) is 0 Å². The number of rotatable bonds is 5. The standard InChI is InChI=1S/C15H25NO3Si.ClH/c1-15(2,14(17)18-3)13(16)11-7-9-12(10-8-11)19-20(4,5)6;/h7-10,13H,16H2,1-6H3;1H/t13-;/m0./s1. The average Bonchev–Trinajstić information content (AvgIpc) is 2.35. The summed E-state index contributed by atoms with van der Waals surface area (Å²) in [5, 5.41) is 0. The Bertz CT molecular complexity index is 469. The van der Waals surface area contributed by atoms with Crippen LogP contribution in [0.3, 0.4) is 0 Å². The van der Waals surface area contributed by atoms with E-state index in [9.17, 15) is 4.79 Å². The Morgan fingerprint density at radius 1 is 1.19 bits per heavy atom. The lowest BCUT2D eigenvalue weighted by atomic mass is 9.81. The molecule has 0 aliphatic rings. The van der Waals surface area contributed by atoms with Crippen LogP contribution >= 0.6 is 12.4 Å². The largest absolute Gasteiger partial charge is 0.544 e. The topological polar surface area (TPSA) is 61.5 Å². The first-order chi connectivity index (χ1) is 9.08. The van der Waals surface area contributed by atoms with Gasteiger partial charge in [0.2, 0.25) is 8.32 Å². The van der Waals surface area contributed by atoms with E-state index in [-0.39, 0.29) is 18.4 Å². The van der Waals surface area contributed by atoms with E-state index in [0.717, 1.165) is 11.3 Å². The van der Waals surface area contributed by atoms with E-state index in [4.69, 9.17) is 14.9 Å². The minimum Gasteiger partial charge on any atom is -0.544 e. The molecule has 0 aliphatic heterocycles. The summed E-state index contributed by atoms with van der Waals surface area (Å²) >= 11 is 0. The van der Waals surface area contributed by atoms with Crippen LogP contribution in [-0.4, -0.2) is 21.4 Å². The fourth-order valence-corrected chi connectivity index (χ4v) is 2.75. The summed E-state index contributed by atoms with van der Waals surface area (Å²) in [5.41, 5.74) is 6.32. The van der Waals surface area contributed by atoms with Crippen LogP contribution in [0.15, 0.2) is 24.3 Å². The van der Waals surface area contributed by atoms with Crippen molar-refractivity contribution in [1.82, 2.24) is 0 Å². The zero-order valence-electron chi connectivity index (χ0n) is 13.6. The molecular weight excluding hydrogens is 306 g/mol. The van der Waals surface area contributed by atoms with E-state index in [1.54, 1.807) is 13.8 Å². The second-order valence-corrected chi connectivity index (χ2v) is 10.9. The summed E-state index contributed by atoms with van der Waals surface area (Å²) in [7, 11) is -0.232. The highest BCUT2D eigenvalue weighted by Gasteiger charge is 2.36. The highest BCUT2D eigenvalue weighted by Crippen LogP contribution is 2.33. The van der Waals surface area contributed by atoms with Gasteiger partial charge in [0.1, 0.15) is 5.75 Å². The lowest BCUT2D eigenvalue weighted by Crippen LogP contribution is -2.37. The van der Waals surface area contributed by atoms with Crippen molar-refractivity contribution >= 4 is 26.7 Å². The molecule has 120 valence electrons. The first kappa shape index (κ1) is 20.0. The molecule has 0 heterocycles. The van der Waals surface area contributed by atoms with Crippen LogP contribution in [0.5, 0.6) is 5.75 Å². The zero-order chi connectivity index (χ0) is 15.6. The number of esters is 1. The van der Waals surface area contributed by atoms with Crippen LogP contribution < -0.4 is 10.2 Å². The second kappa shape index (κ2) is 7.29. The molecule has 2 N–H and O–H groups in total. The smallest absolute Gasteiger partial charge is 0.313 e. The van der Waals surface area contributed by atoms with Crippen LogP contribution in [-0.2, 0) is 9.53 Å². The lowest BCUT2D eigenvalue weighted by Gasteiger charge is -2.29. The van der Waals surface area contributed by atoms with Gasteiger partial charge in [0.05, 0.1) is 12.5 Å². The van der Waals surface area contributed by atoms with E-state index < -0.39 is 19.8 Å². The van der Waals surface area contributed by atoms with Gasteiger partial charge in [0, 0.05) is 6.04 Å². The van der Waals surface area contributed by atoms with Gasteiger partial charge in [-0.25, -0.2) is 0 Å². The van der Waals surface area contributed by atoms with Gasteiger partial charge in [-0.2, -0.15) is 0 Å². The van der Waals surface area contributed by atoms with Crippen LogP contribution in [0, 0.1) is 5.41 Å². The maximum Gasteiger partial charge on any atom is 0.313 e. The van der Waals surface area contributed by atoms with Crippen molar-refractivity contribution in [2.75, 3.05) is 7.11 Å². The SMILES string of the molecule is COC(=O)C(C)(C)[C@@H](N)c1ccc(O[Si](C)(C)C)cc1.Cl. The molecule has 0 spiro atoms. The Kier molecular flexibility index (Phi) is 6.93. The molecule has 1 aromatic rings. The van der Waals surface area contributed by atoms with Gasteiger partial charge in [0.25, 0.3) is 0 Å². The number of ether oxygens (including phenoxy) is 1. The summed E-state index contributed by atoms with van der Waals surface area (Å²) in [6.45, 7) is 9.97. The van der Waals surface area contributed by atoms with E-state index in [1.165, 1.54) is 7.11 Å². The normalized spacial score (nSPS) is 13.1. The van der Waals surface area contributed by atoms with Crippen molar-refractivity contribution in [1.29, 1.82) is 0 Å². The molecule has 0 radical (unpaired) electrons. The van der Waals surface area contributed by atoms with Crippen LogP contribution in [0.2, 0.25) is 19.6 Å². The molecule has 0 amide bonds. The Morgan fingerprint density at radius 3 is 2.05 bits per heavy atom. The second-order valence-electron chi connectivity index (χ2n) is 6.47. The van der Waals surface area contributed by atoms with Crippen molar-refractivity contribution in [2.45, 2.75) is 39.5 Å². The van der Waals surface area contributed by atoms with E-state index in [2.05, 4.69) is 19.6 Å². The fourth-order valence-electron chi connectivity index (χ4n) is 1.90. The van der Waals surface area contributed by atoms with Crippen molar-refractivity contribution < 1.29 is 14.0 Å². The van der Waals surface area contributed by atoms with E-state index in [1.807, 2.05) is 24.3 Å². The van der Waals surface area contributed by atoms with Crippen molar-refractivity contribution in [2.24, 2.45) is 11.1 Å². The minimum absolute atomic E-state index is 0. The summed E-state index contributed by atoms with van der Waals surface area (Å²) in [6.07, 6.45) is 0. The first-order valence-electron chi connectivity index (χ1n) is 6.71. The molecule has 0 saturated carbocycles. The Balaban J connectivity index is 0.00000400. The fraction of sp³-hybridized carbons (Fsp3) is 0.533. The molecule has 6 heteroatoms. The van der Waals surface area contributed by atoms with Crippen LogP contribution in [0.1, 0.15) is 25.5 Å². The third kappa shape index (κ3) is 5.34. The summed E-state index contributed by atoms with van der Waals surface area (Å²) in [5.74, 6) is 0.531. The van der Waals surface area contributed by atoms with Gasteiger partial charge >= 0.3 is 5.97 Å². The predicted molar refractivity (Wildman–Crippen MR) is 90.4 cm³/mol. The molecule has 4 nitrogen and oxygen atoms in total. The number of benzene rings is 1. The maximum absolute atomic E-state index is 11.8. The molecule has 0 unspecified atom stereocenters. The highest BCUT2D eigenvalue weighted by atomic mass is 35.5. The number of halogens is 1. The number of carbonyl (C=O) groups is 1. The van der Waals surface area contributed by atoms with Gasteiger partial charge in [0.15, 0.2) is 0 Å². The Hall–Kier alpha value is -1.04.